The number of furan rings is 1. The molecule has 1 unspecified atom stereocenters. The molecule has 1 amide bonds. The Morgan fingerprint density at radius 2 is 2.07 bits per heavy atom. The van der Waals surface area contributed by atoms with Gasteiger partial charge in [0.25, 0.3) is 5.91 Å². The van der Waals surface area contributed by atoms with Crippen LogP contribution in [0.2, 0.25) is 0 Å². The number of fused-ring (bicyclic) bond motifs is 1. The molecule has 0 fully saturated rings. The molecule has 146 valence electrons. The van der Waals surface area contributed by atoms with E-state index in [9.17, 15) is 4.79 Å². The lowest BCUT2D eigenvalue weighted by molar-refractivity contribution is 0.0651. The molecule has 1 N–H and O–H groups in total. The van der Waals surface area contributed by atoms with Crippen LogP contribution in [-0.2, 0) is 6.54 Å². The molecule has 0 radical (unpaired) electrons. The maximum atomic E-state index is 13.4. The van der Waals surface area contributed by atoms with Crippen molar-refractivity contribution >= 4 is 22.9 Å². The average molecular weight is 404 g/mol. The molecule has 1 atom stereocenters. The number of aryl methyl sites for hydroxylation is 1. The summed E-state index contributed by atoms with van der Waals surface area (Å²) in [5, 5.41) is 6.46. The van der Waals surface area contributed by atoms with E-state index in [4.69, 9.17) is 4.42 Å². The highest BCUT2D eigenvalue weighted by Gasteiger charge is 2.35. The van der Waals surface area contributed by atoms with Crippen molar-refractivity contribution in [2.75, 3.05) is 5.32 Å². The SMILES string of the molecule is Cc1cc(C2Nc3ccccc3C(=O)N2Cc2ccco2)c(C)n1-c1nccs1. The van der Waals surface area contributed by atoms with E-state index in [2.05, 4.69) is 34.8 Å². The summed E-state index contributed by atoms with van der Waals surface area (Å²) < 4.78 is 7.68. The van der Waals surface area contributed by atoms with E-state index in [0.29, 0.717) is 12.1 Å². The summed E-state index contributed by atoms with van der Waals surface area (Å²) >= 11 is 1.59. The van der Waals surface area contributed by atoms with Gasteiger partial charge in [-0.2, -0.15) is 0 Å². The topological polar surface area (TPSA) is 63.3 Å². The number of aromatic nitrogens is 2. The summed E-state index contributed by atoms with van der Waals surface area (Å²) in [6, 6.07) is 13.5. The Labute approximate surface area is 172 Å². The Morgan fingerprint density at radius 1 is 1.21 bits per heavy atom. The summed E-state index contributed by atoms with van der Waals surface area (Å²) in [5.74, 6) is 0.734. The lowest BCUT2D eigenvalue weighted by atomic mass is 10.0. The number of carbonyl (C=O) groups excluding carboxylic acids is 1. The number of nitrogens with zero attached hydrogens (tertiary/aromatic N) is 3. The normalized spacial score (nSPS) is 16.0. The number of thiazole rings is 1. The van der Waals surface area contributed by atoms with Gasteiger partial charge in [-0.05, 0) is 44.2 Å². The largest absolute Gasteiger partial charge is 0.467 e. The maximum Gasteiger partial charge on any atom is 0.258 e. The van der Waals surface area contributed by atoms with Crippen molar-refractivity contribution in [3.05, 3.63) is 88.6 Å². The summed E-state index contributed by atoms with van der Waals surface area (Å²) in [6.45, 7) is 4.52. The van der Waals surface area contributed by atoms with Crippen LogP contribution in [0.4, 0.5) is 5.69 Å². The molecule has 1 aromatic carbocycles. The predicted octanol–water partition coefficient (Wildman–Crippen LogP) is 4.91. The molecule has 0 saturated heterocycles. The molecular formula is C22H20N4O2S. The quantitative estimate of drug-likeness (QED) is 0.525. The number of para-hydroxylation sites is 1. The van der Waals surface area contributed by atoms with E-state index in [-0.39, 0.29) is 12.1 Å². The number of rotatable bonds is 4. The number of amides is 1. The van der Waals surface area contributed by atoms with Crippen molar-refractivity contribution in [2.24, 2.45) is 0 Å². The standard InChI is InChI=1S/C22H20N4O2S/c1-14-12-18(15(2)26(14)22-23-9-11-29-22)20-24-19-8-4-3-7-17(19)21(27)25(20)13-16-6-5-10-28-16/h3-12,20,24H,13H2,1-2H3. The van der Waals surface area contributed by atoms with Crippen LogP contribution in [-0.4, -0.2) is 20.4 Å². The first-order valence-electron chi connectivity index (χ1n) is 9.41. The number of carbonyl (C=O) groups is 1. The Kier molecular flexibility index (Phi) is 4.24. The van der Waals surface area contributed by atoms with E-state index in [1.807, 2.05) is 46.7 Å². The van der Waals surface area contributed by atoms with Crippen LogP contribution in [0.3, 0.4) is 0 Å². The number of anilines is 1. The predicted molar refractivity (Wildman–Crippen MR) is 112 cm³/mol. The maximum absolute atomic E-state index is 13.4. The van der Waals surface area contributed by atoms with Crippen LogP contribution >= 0.6 is 11.3 Å². The van der Waals surface area contributed by atoms with Gasteiger partial charge in [-0.3, -0.25) is 9.36 Å². The second-order valence-electron chi connectivity index (χ2n) is 7.08. The number of benzene rings is 1. The Morgan fingerprint density at radius 3 is 2.83 bits per heavy atom. The van der Waals surface area contributed by atoms with Gasteiger partial charge in [0.1, 0.15) is 11.9 Å². The monoisotopic (exact) mass is 404 g/mol. The lowest BCUT2D eigenvalue weighted by Gasteiger charge is -2.37. The molecule has 6 nitrogen and oxygen atoms in total. The number of hydrogen-bond donors (Lipinski definition) is 1. The van der Waals surface area contributed by atoms with E-state index in [0.717, 1.165) is 33.5 Å². The van der Waals surface area contributed by atoms with Crippen LogP contribution in [0.15, 0.2) is 64.7 Å². The zero-order valence-corrected chi connectivity index (χ0v) is 16.9. The molecule has 1 aliphatic heterocycles. The Bertz CT molecular complexity index is 1160. The van der Waals surface area contributed by atoms with Gasteiger partial charge < -0.3 is 14.6 Å². The molecule has 29 heavy (non-hydrogen) atoms. The van der Waals surface area contributed by atoms with Crippen molar-refractivity contribution in [3.63, 3.8) is 0 Å². The van der Waals surface area contributed by atoms with Crippen LogP contribution in [0.5, 0.6) is 0 Å². The fourth-order valence-corrected chi connectivity index (χ4v) is 4.71. The van der Waals surface area contributed by atoms with Crippen molar-refractivity contribution in [2.45, 2.75) is 26.6 Å². The lowest BCUT2D eigenvalue weighted by Crippen LogP contribution is -2.42. The summed E-state index contributed by atoms with van der Waals surface area (Å²) in [4.78, 5) is 19.7. The first-order valence-corrected chi connectivity index (χ1v) is 10.3. The molecule has 0 saturated carbocycles. The van der Waals surface area contributed by atoms with Gasteiger partial charge in [-0.1, -0.05) is 12.1 Å². The molecule has 0 aliphatic carbocycles. The fraction of sp³-hybridized carbons (Fsp3) is 0.182. The third-order valence-corrected chi connectivity index (χ3v) is 6.06. The van der Waals surface area contributed by atoms with Crippen LogP contribution in [0.1, 0.15) is 39.2 Å². The molecule has 0 bridgehead atoms. The minimum atomic E-state index is -0.303. The fourth-order valence-electron chi connectivity index (χ4n) is 3.96. The minimum absolute atomic E-state index is 0.0141. The molecule has 4 aromatic rings. The van der Waals surface area contributed by atoms with E-state index in [1.165, 1.54) is 0 Å². The van der Waals surface area contributed by atoms with Crippen molar-refractivity contribution in [1.82, 2.24) is 14.5 Å². The Hall–Kier alpha value is -3.32. The van der Waals surface area contributed by atoms with Gasteiger partial charge in [0.15, 0.2) is 5.13 Å². The van der Waals surface area contributed by atoms with Crippen molar-refractivity contribution in [3.8, 4) is 5.13 Å². The second kappa shape index (κ2) is 6.93. The molecular weight excluding hydrogens is 384 g/mol. The Balaban J connectivity index is 1.62. The van der Waals surface area contributed by atoms with Crippen LogP contribution in [0.25, 0.3) is 5.13 Å². The van der Waals surface area contributed by atoms with Crippen molar-refractivity contribution < 1.29 is 9.21 Å². The second-order valence-corrected chi connectivity index (χ2v) is 7.95. The summed E-state index contributed by atoms with van der Waals surface area (Å²) in [7, 11) is 0. The van der Waals surface area contributed by atoms with Gasteiger partial charge in [-0.15, -0.1) is 11.3 Å². The third-order valence-electron chi connectivity index (χ3n) is 5.30. The summed E-state index contributed by atoms with van der Waals surface area (Å²) in [6.07, 6.45) is 3.14. The highest BCUT2D eigenvalue weighted by atomic mass is 32.1. The van der Waals surface area contributed by atoms with E-state index < -0.39 is 0 Å². The van der Waals surface area contributed by atoms with E-state index in [1.54, 1.807) is 23.8 Å². The molecule has 0 spiro atoms. The van der Waals surface area contributed by atoms with Gasteiger partial charge in [0.2, 0.25) is 0 Å². The number of hydrogen-bond acceptors (Lipinski definition) is 5. The molecule has 4 heterocycles. The first kappa shape index (κ1) is 17.8. The van der Waals surface area contributed by atoms with Gasteiger partial charge >= 0.3 is 0 Å². The molecule has 5 rings (SSSR count). The number of nitrogens with one attached hydrogen (secondary N) is 1. The highest BCUT2D eigenvalue weighted by Crippen LogP contribution is 2.37. The third kappa shape index (κ3) is 2.94. The van der Waals surface area contributed by atoms with E-state index >= 15 is 0 Å². The zero-order valence-electron chi connectivity index (χ0n) is 16.1. The van der Waals surface area contributed by atoms with Gasteiger partial charge in [-0.25, -0.2) is 4.98 Å². The average Bonchev–Trinajstić information content (AvgIpc) is 3.47. The molecule has 7 heteroatoms. The smallest absolute Gasteiger partial charge is 0.258 e. The van der Waals surface area contributed by atoms with Crippen LogP contribution < -0.4 is 5.32 Å². The van der Waals surface area contributed by atoms with Crippen LogP contribution in [0, 0.1) is 13.8 Å². The van der Waals surface area contributed by atoms with Gasteiger partial charge in [0, 0.05) is 34.2 Å². The van der Waals surface area contributed by atoms with Crippen molar-refractivity contribution in [1.29, 1.82) is 0 Å². The van der Waals surface area contributed by atoms with Gasteiger partial charge in [0.05, 0.1) is 18.4 Å². The molecule has 3 aromatic heterocycles. The minimum Gasteiger partial charge on any atom is -0.467 e. The first-order chi connectivity index (χ1) is 14.1. The summed E-state index contributed by atoms with van der Waals surface area (Å²) in [5.41, 5.74) is 4.71. The highest BCUT2D eigenvalue weighted by molar-refractivity contribution is 7.12. The zero-order chi connectivity index (χ0) is 20.0. The molecule has 1 aliphatic rings.